The smallest absolute Gasteiger partial charge is 0.296 e. The van der Waals surface area contributed by atoms with Crippen molar-refractivity contribution < 1.29 is 29.0 Å². The number of aliphatic hydroxyl groups excluding tert-OH is 1. The van der Waals surface area contributed by atoms with Crippen LogP contribution in [0.2, 0.25) is 0 Å². The Balaban J connectivity index is 1.81. The summed E-state index contributed by atoms with van der Waals surface area (Å²) in [5, 5.41) is 20.8. The number of likely N-dealkylation sites (tertiary alicyclic amines) is 1. The molecule has 1 saturated heterocycles. The monoisotopic (exact) mass is 433 g/mol. The average molecular weight is 433 g/mol. The number of Topliss-reactive ketones (excluding diaryl/α,β-unsaturated/α-hetero) is 1. The first-order valence-corrected chi connectivity index (χ1v) is 10.3. The van der Waals surface area contributed by atoms with E-state index in [1.165, 1.54) is 23.3 Å². The number of ketones is 1. The lowest BCUT2D eigenvalue weighted by Crippen LogP contribution is -2.29. The number of ether oxygens (including phenoxy) is 1. The lowest BCUT2D eigenvalue weighted by atomic mass is 9.95. The molecule has 1 fully saturated rings. The molecule has 3 aromatic rings. The van der Waals surface area contributed by atoms with Gasteiger partial charge in [-0.15, -0.1) is 0 Å². The lowest BCUT2D eigenvalue weighted by molar-refractivity contribution is -0.140. The lowest BCUT2D eigenvalue weighted by Gasteiger charge is -2.24. The highest BCUT2D eigenvalue weighted by Gasteiger charge is 2.46. The van der Waals surface area contributed by atoms with Crippen molar-refractivity contribution in [1.82, 2.24) is 4.90 Å². The number of nitrogens with zero attached hydrogens (tertiary/aromatic N) is 1. The first-order chi connectivity index (χ1) is 15.5. The number of hydrogen-bond acceptors (Lipinski definition) is 6. The zero-order chi connectivity index (χ0) is 22.7. The van der Waals surface area contributed by atoms with Crippen molar-refractivity contribution in [3.05, 3.63) is 89.4 Å². The van der Waals surface area contributed by atoms with Crippen molar-refractivity contribution in [2.45, 2.75) is 25.9 Å². The van der Waals surface area contributed by atoms with Crippen LogP contribution in [0.15, 0.2) is 76.9 Å². The SMILES string of the molecule is CCCOc1cccc(/C(O)=C2\C(=O)C(=O)N(Cc3ccco3)C2c2ccc(O)cc2)c1. The summed E-state index contributed by atoms with van der Waals surface area (Å²) in [6.07, 6.45) is 2.32. The number of benzene rings is 2. The normalized spacial score (nSPS) is 17.7. The molecular weight excluding hydrogens is 410 g/mol. The number of carbonyl (C=O) groups is 2. The summed E-state index contributed by atoms with van der Waals surface area (Å²) in [5.74, 6) is -0.693. The van der Waals surface area contributed by atoms with Gasteiger partial charge in [-0.2, -0.15) is 0 Å². The van der Waals surface area contributed by atoms with Crippen molar-refractivity contribution in [3.8, 4) is 11.5 Å². The molecule has 0 aliphatic carbocycles. The van der Waals surface area contributed by atoms with E-state index in [4.69, 9.17) is 9.15 Å². The summed E-state index contributed by atoms with van der Waals surface area (Å²) in [6, 6.07) is 15.5. The molecule has 7 heteroatoms. The molecule has 32 heavy (non-hydrogen) atoms. The van der Waals surface area contributed by atoms with Crippen molar-refractivity contribution in [1.29, 1.82) is 0 Å². The molecular formula is C25H23NO6. The van der Waals surface area contributed by atoms with Crippen LogP contribution in [-0.2, 0) is 16.1 Å². The Morgan fingerprint density at radius 3 is 2.56 bits per heavy atom. The second kappa shape index (κ2) is 9.01. The average Bonchev–Trinajstić information content (AvgIpc) is 3.40. The zero-order valence-electron chi connectivity index (χ0n) is 17.5. The predicted molar refractivity (Wildman–Crippen MR) is 117 cm³/mol. The Morgan fingerprint density at radius 1 is 1.09 bits per heavy atom. The van der Waals surface area contributed by atoms with E-state index in [1.807, 2.05) is 6.92 Å². The fraction of sp³-hybridized carbons (Fsp3) is 0.200. The summed E-state index contributed by atoms with van der Waals surface area (Å²) in [5.41, 5.74) is 0.923. The summed E-state index contributed by atoms with van der Waals surface area (Å²) in [6.45, 7) is 2.56. The quantitative estimate of drug-likeness (QED) is 0.326. The number of aromatic hydroxyl groups is 1. The Labute approximate surface area is 185 Å². The van der Waals surface area contributed by atoms with Crippen LogP contribution in [0.5, 0.6) is 11.5 Å². The minimum absolute atomic E-state index is 0.0279. The highest BCUT2D eigenvalue weighted by atomic mass is 16.5. The fourth-order valence-electron chi connectivity index (χ4n) is 3.73. The molecule has 1 atom stereocenters. The number of aliphatic hydroxyl groups is 1. The van der Waals surface area contributed by atoms with E-state index >= 15 is 0 Å². The van der Waals surface area contributed by atoms with Crippen LogP contribution in [0.4, 0.5) is 0 Å². The number of furan rings is 1. The topological polar surface area (TPSA) is 100 Å². The number of rotatable bonds is 7. The van der Waals surface area contributed by atoms with Crippen molar-refractivity contribution in [2.24, 2.45) is 0 Å². The van der Waals surface area contributed by atoms with Gasteiger partial charge in [0.1, 0.15) is 23.0 Å². The molecule has 1 amide bonds. The van der Waals surface area contributed by atoms with Crippen molar-refractivity contribution >= 4 is 17.4 Å². The minimum Gasteiger partial charge on any atom is -0.508 e. The number of phenols is 1. The van der Waals surface area contributed by atoms with E-state index in [1.54, 1.807) is 48.5 Å². The predicted octanol–water partition coefficient (Wildman–Crippen LogP) is 4.40. The first-order valence-electron chi connectivity index (χ1n) is 10.3. The van der Waals surface area contributed by atoms with E-state index in [0.717, 1.165) is 6.42 Å². The van der Waals surface area contributed by atoms with Crippen LogP contribution in [0.25, 0.3) is 5.76 Å². The van der Waals surface area contributed by atoms with Gasteiger partial charge in [-0.25, -0.2) is 0 Å². The van der Waals surface area contributed by atoms with Gasteiger partial charge < -0.3 is 24.3 Å². The molecule has 164 valence electrons. The Morgan fingerprint density at radius 2 is 1.88 bits per heavy atom. The van der Waals surface area contributed by atoms with Gasteiger partial charge in [0.05, 0.1) is 31.0 Å². The maximum Gasteiger partial charge on any atom is 0.296 e. The molecule has 2 heterocycles. The molecule has 2 aromatic carbocycles. The molecule has 1 aliphatic rings. The number of hydrogen-bond donors (Lipinski definition) is 2. The second-order valence-electron chi connectivity index (χ2n) is 7.47. The summed E-state index contributed by atoms with van der Waals surface area (Å²) in [7, 11) is 0. The van der Waals surface area contributed by atoms with E-state index in [-0.39, 0.29) is 23.6 Å². The summed E-state index contributed by atoms with van der Waals surface area (Å²) < 4.78 is 11.0. The molecule has 1 unspecified atom stereocenters. The van der Waals surface area contributed by atoms with Gasteiger partial charge in [-0.05, 0) is 48.4 Å². The molecule has 2 N–H and O–H groups in total. The van der Waals surface area contributed by atoms with Gasteiger partial charge in [-0.1, -0.05) is 31.2 Å². The van der Waals surface area contributed by atoms with Gasteiger partial charge in [0.25, 0.3) is 11.7 Å². The fourth-order valence-corrected chi connectivity index (χ4v) is 3.73. The molecule has 0 spiro atoms. The van der Waals surface area contributed by atoms with Gasteiger partial charge in [-0.3, -0.25) is 9.59 Å². The first kappa shape index (κ1) is 21.2. The highest BCUT2D eigenvalue weighted by Crippen LogP contribution is 2.41. The van der Waals surface area contributed by atoms with E-state index in [0.29, 0.717) is 29.2 Å². The van der Waals surface area contributed by atoms with Gasteiger partial charge in [0.2, 0.25) is 0 Å². The molecule has 1 aromatic heterocycles. The third-order valence-corrected chi connectivity index (χ3v) is 5.24. The number of carbonyl (C=O) groups excluding carboxylic acids is 2. The van der Waals surface area contributed by atoms with Gasteiger partial charge in [0.15, 0.2) is 0 Å². The summed E-state index contributed by atoms with van der Waals surface area (Å²) >= 11 is 0. The van der Waals surface area contributed by atoms with Crippen LogP contribution in [0.3, 0.4) is 0 Å². The van der Waals surface area contributed by atoms with E-state index < -0.39 is 17.7 Å². The highest BCUT2D eigenvalue weighted by molar-refractivity contribution is 6.46. The van der Waals surface area contributed by atoms with Gasteiger partial charge in [0, 0.05) is 5.56 Å². The molecule has 0 saturated carbocycles. The second-order valence-corrected chi connectivity index (χ2v) is 7.47. The largest absolute Gasteiger partial charge is 0.508 e. The maximum absolute atomic E-state index is 13.0. The molecule has 0 radical (unpaired) electrons. The van der Waals surface area contributed by atoms with Gasteiger partial charge >= 0.3 is 0 Å². The van der Waals surface area contributed by atoms with Crippen molar-refractivity contribution in [2.75, 3.05) is 6.61 Å². The van der Waals surface area contributed by atoms with Crippen molar-refractivity contribution in [3.63, 3.8) is 0 Å². The van der Waals surface area contributed by atoms with Crippen LogP contribution in [-0.4, -0.2) is 33.4 Å². The Kier molecular flexibility index (Phi) is 5.98. The Bertz CT molecular complexity index is 1150. The standard InChI is InChI=1S/C25H23NO6/c1-2-12-31-19-6-3-5-17(14-19)23(28)21-22(16-8-10-18(27)11-9-16)26(25(30)24(21)29)15-20-7-4-13-32-20/h3-11,13-14,22,27-28H,2,12,15H2,1H3/b23-21+. The van der Waals surface area contributed by atoms with Crippen LogP contribution in [0, 0.1) is 0 Å². The van der Waals surface area contributed by atoms with Crippen LogP contribution in [0.1, 0.15) is 36.3 Å². The zero-order valence-corrected chi connectivity index (χ0v) is 17.5. The van der Waals surface area contributed by atoms with Crippen LogP contribution < -0.4 is 4.74 Å². The molecule has 7 nitrogen and oxygen atoms in total. The number of amides is 1. The van der Waals surface area contributed by atoms with E-state index in [2.05, 4.69) is 0 Å². The summed E-state index contributed by atoms with van der Waals surface area (Å²) in [4.78, 5) is 27.4. The Hall–Kier alpha value is -4.00. The van der Waals surface area contributed by atoms with Crippen LogP contribution >= 0.6 is 0 Å². The molecule has 4 rings (SSSR count). The minimum atomic E-state index is -0.846. The molecule has 1 aliphatic heterocycles. The third kappa shape index (κ3) is 4.09. The number of phenolic OH excluding ortho intramolecular Hbond substituents is 1. The maximum atomic E-state index is 13.0. The third-order valence-electron chi connectivity index (χ3n) is 5.24. The van der Waals surface area contributed by atoms with E-state index in [9.17, 15) is 19.8 Å². The molecule has 0 bridgehead atoms.